The molecular formula is C12H15BrN2. The Hall–Kier alpha value is -0.850. The van der Waals surface area contributed by atoms with Crippen LogP contribution < -0.4 is 5.32 Å². The summed E-state index contributed by atoms with van der Waals surface area (Å²) in [7, 11) is 0. The minimum absolute atomic E-state index is 0.334. The molecule has 1 aromatic carbocycles. The Labute approximate surface area is 99.4 Å². The van der Waals surface area contributed by atoms with Crippen molar-refractivity contribution in [2.75, 3.05) is 6.54 Å². The zero-order chi connectivity index (χ0) is 11.1. The molecule has 0 unspecified atom stereocenters. The number of hydrogen-bond donors (Lipinski definition) is 1. The van der Waals surface area contributed by atoms with Gasteiger partial charge in [0, 0.05) is 16.9 Å². The summed E-state index contributed by atoms with van der Waals surface area (Å²) in [5.41, 5.74) is 1.27. The van der Waals surface area contributed by atoms with Crippen molar-refractivity contribution in [2.45, 2.75) is 25.8 Å². The van der Waals surface area contributed by atoms with Crippen molar-refractivity contribution in [3.8, 4) is 6.07 Å². The Bertz CT molecular complexity index is 344. The summed E-state index contributed by atoms with van der Waals surface area (Å²) < 4.78 is 1.10. The average molecular weight is 267 g/mol. The molecule has 0 bridgehead atoms. The summed E-state index contributed by atoms with van der Waals surface area (Å²) >= 11 is 3.45. The lowest BCUT2D eigenvalue weighted by atomic mass is 10.1. The van der Waals surface area contributed by atoms with Gasteiger partial charge >= 0.3 is 0 Å². The Morgan fingerprint density at radius 3 is 3.00 bits per heavy atom. The highest BCUT2D eigenvalue weighted by molar-refractivity contribution is 9.10. The molecule has 0 spiro atoms. The number of benzene rings is 1. The van der Waals surface area contributed by atoms with Crippen LogP contribution in [0.25, 0.3) is 0 Å². The molecule has 80 valence electrons. The van der Waals surface area contributed by atoms with Gasteiger partial charge in [-0.2, -0.15) is 5.26 Å². The van der Waals surface area contributed by atoms with E-state index < -0.39 is 0 Å². The molecule has 3 heteroatoms. The molecular weight excluding hydrogens is 252 g/mol. The molecule has 1 atom stereocenters. The first-order valence-corrected chi connectivity index (χ1v) is 5.89. The predicted molar refractivity (Wildman–Crippen MR) is 65.4 cm³/mol. The van der Waals surface area contributed by atoms with Gasteiger partial charge in [0.1, 0.15) is 0 Å². The maximum atomic E-state index is 8.40. The molecule has 0 aliphatic carbocycles. The highest BCUT2D eigenvalue weighted by atomic mass is 79.9. The molecule has 0 saturated carbocycles. The van der Waals surface area contributed by atoms with Gasteiger partial charge in [-0.3, -0.25) is 0 Å². The van der Waals surface area contributed by atoms with Crippen LogP contribution in [0.3, 0.4) is 0 Å². The number of unbranched alkanes of at least 4 members (excludes halogenated alkanes) is 1. The van der Waals surface area contributed by atoms with Crippen LogP contribution >= 0.6 is 15.9 Å². The van der Waals surface area contributed by atoms with Gasteiger partial charge in [-0.25, -0.2) is 0 Å². The zero-order valence-electron chi connectivity index (χ0n) is 8.83. The largest absolute Gasteiger partial charge is 0.310 e. The summed E-state index contributed by atoms with van der Waals surface area (Å²) in [6.07, 6.45) is 1.53. The van der Waals surface area contributed by atoms with Crippen LogP contribution in [-0.4, -0.2) is 6.54 Å². The first-order chi connectivity index (χ1) is 7.24. The maximum Gasteiger partial charge on any atom is 0.0622 e. The number of hydrogen-bond acceptors (Lipinski definition) is 2. The Balaban J connectivity index is 2.40. The normalized spacial score (nSPS) is 12.1. The molecule has 0 aliphatic rings. The highest BCUT2D eigenvalue weighted by Gasteiger charge is 2.03. The number of halogens is 1. The van der Waals surface area contributed by atoms with Crippen LogP contribution in [0.4, 0.5) is 0 Å². The second-order valence-corrected chi connectivity index (χ2v) is 4.41. The van der Waals surface area contributed by atoms with Crippen LogP contribution in [0.15, 0.2) is 28.7 Å². The third kappa shape index (κ3) is 4.46. The highest BCUT2D eigenvalue weighted by Crippen LogP contribution is 2.17. The maximum absolute atomic E-state index is 8.40. The third-order valence-corrected chi connectivity index (χ3v) is 2.76. The molecule has 15 heavy (non-hydrogen) atoms. The van der Waals surface area contributed by atoms with Gasteiger partial charge in [0.2, 0.25) is 0 Å². The summed E-state index contributed by atoms with van der Waals surface area (Å²) in [6, 6.07) is 10.7. The lowest BCUT2D eigenvalue weighted by Gasteiger charge is -2.13. The summed E-state index contributed by atoms with van der Waals surface area (Å²) in [5, 5.41) is 11.8. The topological polar surface area (TPSA) is 35.8 Å². The van der Waals surface area contributed by atoms with Gasteiger partial charge in [-0.05, 0) is 37.6 Å². The second kappa shape index (κ2) is 6.60. The Morgan fingerprint density at radius 2 is 2.33 bits per heavy atom. The van der Waals surface area contributed by atoms with Crippen molar-refractivity contribution in [1.29, 1.82) is 5.26 Å². The standard InChI is InChI=1S/C12H15BrN2/c1-10(15-8-3-2-7-14)11-5-4-6-12(13)9-11/h4-6,9-10,15H,2-3,8H2,1H3/t10-/m0/s1. The lowest BCUT2D eigenvalue weighted by Crippen LogP contribution is -2.19. The number of rotatable bonds is 5. The molecule has 0 fully saturated rings. The second-order valence-electron chi connectivity index (χ2n) is 3.49. The van der Waals surface area contributed by atoms with Gasteiger partial charge in [-0.1, -0.05) is 28.1 Å². The summed E-state index contributed by atoms with van der Waals surface area (Å²) in [6.45, 7) is 3.02. The fourth-order valence-electron chi connectivity index (χ4n) is 1.38. The molecule has 0 aliphatic heterocycles. The van der Waals surface area contributed by atoms with Crippen molar-refractivity contribution < 1.29 is 0 Å². The number of nitrogens with one attached hydrogen (secondary N) is 1. The molecule has 0 radical (unpaired) electrons. The van der Waals surface area contributed by atoms with E-state index in [2.05, 4.69) is 46.4 Å². The SMILES string of the molecule is C[C@H](NCCCC#N)c1cccc(Br)c1. The van der Waals surface area contributed by atoms with E-state index in [0.29, 0.717) is 12.5 Å². The van der Waals surface area contributed by atoms with E-state index in [0.717, 1.165) is 17.4 Å². The molecule has 0 saturated heterocycles. The first kappa shape index (κ1) is 12.2. The minimum Gasteiger partial charge on any atom is -0.310 e. The molecule has 1 rings (SSSR count). The van der Waals surface area contributed by atoms with Crippen molar-refractivity contribution in [1.82, 2.24) is 5.32 Å². The van der Waals surface area contributed by atoms with Crippen LogP contribution in [0, 0.1) is 11.3 Å². The summed E-state index contributed by atoms with van der Waals surface area (Å²) in [5.74, 6) is 0. The Kier molecular flexibility index (Phi) is 5.38. The van der Waals surface area contributed by atoms with Crippen molar-refractivity contribution in [3.05, 3.63) is 34.3 Å². The lowest BCUT2D eigenvalue weighted by molar-refractivity contribution is 0.562. The van der Waals surface area contributed by atoms with E-state index in [9.17, 15) is 0 Å². The average Bonchev–Trinajstić information content (AvgIpc) is 2.24. The molecule has 1 aromatic rings. The summed E-state index contributed by atoms with van der Waals surface area (Å²) in [4.78, 5) is 0. The third-order valence-electron chi connectivity index (χ3n) is 2.26. The minimum atomic E-state index is 0.334. The van der Waals surface area contributed by atoms with E-state index >= 15 is 0 Å². The fraction of sp³-hybridized carbons (Fsp3) is 0.417. The van der Waals surface area contributed by atoms with E-state index in [-0.39, 0.29) is 0 Å². The monoisotopic (exact) mass is 266 g/mol. The van der Waals surface area contributed by atoms with E-state index in [4.69, 9.17) is 5.26 Å². The van der Waals surface area contributed by atoms with Gasteiger partial charge in [0.15, 0.2) is 0 Å². The van der Waals surface area contributed by atoms with Crippen molar-refractivity contribution >= 4 is 15.9 Å². The zero-order valence-corrected chi connectivity index (χ0v) is 10.4. The van der Waals surface area contributed by atoms with Crippen LogP contribution in [0.1, 0.15) is 31.4 Å². The van der Waals surface area contributed by atoms with Crippen LogP contribution in [-0.2, 0) is 0 Å². The Morgan fingerprint density at radius 1 is 1.53 bits per heavy atom. The molecule has 1 N–H and O–H groups in total. The predicted octanol–water partition coefficient (Wildman–Crippen LogP) is 3.40. The van der Waals surface area contributed by atoms with Gasteiger partial charge in [-0.15, -0.1) is 0 Å². The molecule has 0 amide bonds. The van der Waals surface area contributed by atoms with Gasteiger partial charge in [0.05, 0.1) is 6.07 Å². The first-order valence-electron chi connectivity index (χ1n) is 5.10. The van der Waals surface area contributed by atoms with E-state index in [1.807, 2.05) is 12.1 Å². The van der Waals surface area contributed by atoms with Crippen LogP contribution in [0.2, 0.25) is 0 Å². The molecule has 0 heterocycles. The van der Waals surface area contributed by atoms with Gasteiger partial charge in [0.25, 0.3) is 0 Å². The molecule has 2 nitrogen and oxygen atoms in total. The number of nitriles is 1. The molecule has 0 aromatic heterocycles. The fourth-order valence-corrected chi connectivity index (χ4v) is 1.80. The van der Waals surface area contributed by atoms with Crippen LogP contribution in [0.5, 0.6) is 0 Å². The van der Waals surface area contributed by atoms with Crippen molar-refractivity contribution in [2.24, 2.45) is 0 Å². The quantitative estimate of drug-likeness (QED) is 0.830. The van der Waals surface area contributed by atoms with E-state index in [1.165, 1.54) is 5.56 Å². The smallest absolute Gasteiger partial charge is 0.0622 e. The number of nitrogens with zero attached hydrogens (tertiary/aromatic N) is 1. The van der Waals surface area contributed by atoms with Gasteiger partial charge < -0.3 is 5.32 Å². The van der Waals surface area contributed by atoms with Crippen molar-refractivity contribution in [3.63, 3.8) is 0 Å². The van der Waals surface area contributed by atoms with E-state index in [1.54, 1.807) is 0 Å².